The zero-order valence-electron chi connectivity index (χ0n) is 39.7. The van der Waals surface area contributed by atoms with Crippen LogP contribution in [-0.4, -0.2) is 96.7 Å². The van der Waals surface area contributed by atoms with Crippen LogP contribution in [0.25, 0.3) is 0 Å². The Morgan fingerprint density at radius 2 is 0.625 bits per heavy atom. The summed E-state index contributed by atoms with van der Waals surface area (Å²) >= 11 is 0. The molecule has 0 amide bonds. The SMILES string of the molecule is CCCCCCCCCCCCCCCCCC(=O)OC[C@H](COP(=O)(O)OC[C@H](O)COP(=O)(O)OC[C@@H](COC(=O)CCCCC)OC(=O)CCCCC)OC(=O)CCCCC. The molecule has 2 unspecified atom stereocenters. The Morgan fingerprint density at radius 3 is 0.953 bits per heavy atom. The van der Waals surface area contributed by atoms with Crippen LogP contribution in [0.1, 0.15) is 207 Å². The summed E-state index contributed by atoms with van der Waals surface area (Å²) in [6.45, 7) is 4.18. The third-order valence-electron chi connectivity index (χ3n) is 10.1. The monoisotopic (exact) mass is 961 g/mol. The first-order valence-electron chi connectivity index (χ1n) is 24.3. The summed E-state index contributed by atoms with van der Waals surface area (Å²) in [7, 11) is -9.80. The third-order valence-corrected chi connectivity index (χ3v) is 12.0. The zero-order valence-corrected chi connectivity index (χ0v) is 41.5. The molecule has 0 aliphatic heterocycles. The molecular weight excluding hydrogens is 874 g/mol. The lowest BCUT2D eigenvalue weighted by Crippen LogP contribution is -2.30. The number of aliphatic hydroxyl groups is 1. The maximum atomic E-state index is 12.7. The number of unbranched alkanes of at least 4 members (excludes halogenated alkanes) is 20. The highest BCUT2D eigenvalue weighted by Gasteiger charge is 2.30. The predicted molar refractivity (Wildman–Crippen MR) is 243 cm³/mol. The molecule has 0 radical (unpaired) electrons. The summed E-state index contributed by atoms with van der Waals surface area (Å²) in [4.78, 5) is 69.8. The summed E-state index contributed by atoms with van der Waals surface area (Å²) in [6, 6.07) is 0. The topological polar surface area (TPSA) is 237 Å². The van der Waals surface area contributed by atoms with Gasteiger partial charge in [0, 0.05) is 25.7 Å². The molecule has 0 aromatic heterocycles. The standard InChI is InChI=1S/C45H86O17P2/c1-5-9-13-14-15-16-17-18-19-20-21-22-23-24-28-30-43(48)56-36-41(62-45(50)32-27-12-8-4)38-60-64(53,54)58-34-39(46)33-57-63(51,52)59-37-40(61-44(49)31-26-11-7-3)35-55-42(47)29-25-10-6-2/h39-41,46H,5-38H2,1-4H3,(H,51,52)(H,53,54)/t39-,40-,41-/m1/s1. The van der Waals surface area contributed by atoms with Gasteiger partial charge in [-0.15, -0.1) is 0 Å². The molecule has 0 rings (SSSR count). The Bertz CT molecular complexity index is 1290. The lowest BCUT2D eigenvalue weighted by atomic mass is 10.0. The van der Waals surface area contributed by atoms with Crippen molar-refractivity contribution in [3.63, 3.8) is 0 Å². The molecule has 0 spiro atoms. The van der Waals surface area contributed by atoms with E-state index in [9.17, 15) is 43.2 Å². The van der Waals surface area contributed by atoms with E-state index in [2.05, 4.69) is 6.92 Å². The van der Waals surface area contributed by atoms with Gasteiger partial charge < -0.3 is 33.8 Å². The first-order chi connectivity index (χ1) is 30.7. The van der Waals surface area contributed by atoms with Crippen molar-refractivity contribution in [1.29, 1.82) is 0 Å². The molecule has 19 heteroatoms. The van der Waals surface area contributed by atoms with E-state index >= 15 is 0 Å². The van der Waals surface area contributed by atoms with Crippen molar-refractivity contribution in [3.8, 4) is 0 Å². The number of rotatable bonds is 46. The number of phosphoric ester groups is 2. The predicted octanol–water partition coefficient (Wildman–Crippen LogP) is 10.5. The molecule has 0 fully saturated rings. The minimum Gasteiger partial charge on any atom is -0.462 e. The Kier molecular flexibility index (Phi) is 40.0. The van der Waals surface area contributed by atoms with E-state index in [1.807, 2.05) is 20.8 Å². The summed E-state index contributed by atoms with van der Waals surface area (Å²) < 4.78 is 66.0. The van der Waals surface area contributed by atoms with Crippen molar-refractivity contribution in [1.82, 2.24) is 0 Å². The van der Waals surface area contributed by atoms with Crippen LogP contribution >= 0.6 is 15.6 Å². The molecule has 0 saturated carbocycles. The molecule has 5 atom stereocenters. The van der Waals surface area contributed by atoms with E-state index < -0.39 is 97.5 Å². The minimum absolute atomic E-state index is 0.0879. The van der Waals surface area contributed by atoms with E-state index in [0.29, 0.717) is 25.7 Å². The third kappa shape index (κ3) is 40.3. The van der Waals surface area contributed by atoms with E-state index in [0.717, 1.165) is 57.8 Å². The largest absolute Gasteiger partial charge is 0.472 e. The first-order valence-corrected chi connectivity index (χ1v) is 27.3. The highest BCUT2D eigenvalue weighted by atomic mass is 31.2. The van der Waals surface area contributed by atoms with E-state index in [1.54, 1.807) is 0 Å². The highest BCUT2D eigenvalue weighted by molar-refractivity contribution is 7.47. The van der Waals surface area contributed by atoms with Gasteiger partial charge in [0.2, 0.25) is 0 Å². The molecular formula is C45H86O17P2. The maximum absolute atomic E-state index is 12.7. The Morgan fingerprint density at radius 1 is 0.375 bits per heavy atom. The van der Waals surface area contributed by atoms with Crippen LogP contribution in [0.3, 0.4) is 0 Å². The molecule has 64 heavy (non-hydrogen) atoms. The average Bonchev–Trinajstić information content (AvgIpc) is 3.25. The number of hydrogen-bond donors (Lipinski definition) is 3. The van der Waals surface area contributed by atoms with Crippen LogP contribution in [0.15, 0.2) is 0 Å². The molecule has 0 bridgehead atoms. The van der Waals surface area contributed by atoms with Crippen molar-refractivity contribution in [3.05, 3.63) is 0 Å². The number of esters is 4. The Labute approximate surface area is 384 Å². The summed E-state index contributed by atoms with van der Waals surface area (Å²) in [6.07, 6.45) is 21.1. The van der Waals surface area contributed by atoms with Gasteiger partial charge in [-0.1, -0.05) is 156 Å². The van der Waals surface area contributed by atoms with Crippen molar-refractivity contribution in [2.75, 3.05) is 39.6 Å². The number of carbonyl (C=O) groups excluding carboxylic acids is 4. The van der Waals surface area contributed by atoms with Crippen LogP contribution in [0, 0.1) is 0 Å². The molecule has 0 aliphatic rings. The van der Waals surface area contributed by atoms with Crippen LogP contribution in [0.4, 0.5) is 0 Å². The van der Waals surface area contributed by atoms with Crippen LogP contribution in [0.2, 0.25) is 0 Å². The number of phosphoric acid groups is 2. The van der Waals surface area contributed by atoms with Gasteiger partial charge in [-0.05, 0) is 25.7 Å². The van der Waals surface area contributed by atoms with E-state index in [4.69, 9.17) is 37.0 Å². The summed E-state index contributed by atoms with van der Waals surface area (Å²) in [5, 5.41) is 10.3. The second-order valence-electron chi connectivity index (χ2n) is 16.4. The van der Waals surface area contributed by atoms with Gasteiger partial charge in [-0.2, -0.15) is 0 Å². The number of aliphatic hydroxyl groups excluding tert-OH is 1. The van der Waals surface area contributed by atoms with E-state index in [1.165, 1.54) is 70.6 Å². The fraction of sp³-hybridized carbons (Fsp3) is 0.911. The normalized spacial score (nSPS) is 14.8. The maximum Gasteiger partial charge on any atom is 0.472 e. The molecule has 0 aromatic rings. The number of hydrogen-bond acceptors (Lipinski definition) is 15. The van der Waals surface area contributed by atoms with Crippen molar-refractivity contribution >= 4 is 39.5 Å². The van der Waals surface area contributed by atoms with Gasteiger partial charge >= 0.3 is 39.5 Å². The van der Waals surface area contributed by atoms with Gasteiger partial charge in [0.1, 0.15) is 19.3 Å². The molecule has 17 nitrogen and oxygen atoms in total. The molecule has 0 saturated heterocycles. The molecule has 0 aliphatic carbocycles. The Hall–Kier alpha value is -1.94. The van der Waals surface area contributed by atoms with Gasteiger partial charge in [-0.3, -0.25) is 37.3 Å². The fourth-order valence-electron chi connectivity index (χ4n) is 6.27. The van der Waals surface area contributed by atoms with Gasteiger partial charge in [0.15, 0.2) is 12.2 Å². The highest BCUT2D eigenvalue weighted by Crippen LogP contribution is 2.45. The summed E-state index contributed by atoms with van der Waals surface area (Å²) in [5.41, 5.74) is 0. The van der Waals surface area contributed by atoms with Crippen molar-refractivity contribution < 1.29 is 80.2 Å². The number of carbonyl (C=O) groups is 4. The lowest BCUT2D eigenvalue weighted by molar-refractivity contribution is -0.161. The molecule has 0 heterocycles. The summed E-state index contributed by atoms with van der Waals surface area (Å²) in [5.74, 6) is -2.24. The minimum atomic E-state index is -4.90. The number of ether oxygens (including phenoxy) is 4. The van der Waals surface area contributed by atoms with Crippen LogP contribution in [0.5, 0.6) is 0 Å². The van der Waals surface area contributed by atoms with Crippen LogP contribution in [-0.2, 0) is 65.4 Å². The average molecular weight is 961 g/mol. The van der Waals surface area contributed by atoms with Crippen molar-refractivity contribution in [2.45, 2.75) is 226 Å². The van der Waals surface area contributed by atoms with Gasteiger partial charge in [0.25, 0.3) is 0 Å². The first kappa shape index (κ1) is 62.1. The van der Waals surface area contributed by atoms with Crippen molar-refractivity contribution in [2.24, 2.45) is 0 Å². The lowest BCUT2D eigenvalue weighted by Gasteiger charge is -2.21. The Balaban J connectivity index is 4.82. The quantitative estimate of drug-likeness (QED) is 0.0222. The second-order valence-corrected chi connectivity index (χ2v) is 19.3. The van der Waals surface area contributed by atoms with Crippen LogP contribution < -0.4 is 0 Å². The van der Waals surface area contributed by atoms with Gasteiger partial charge in [0.05, 0.1) is 26.4 Å². The zero-order chi connectivity index (χ0) is 47.7. The second kappa shape index (κ2) is 41.3. The fourth-order valence-corrected chi connectivity index (χ4v) is 7.85. The molecule has 0 aromatic carbocycles. The molecule has 3 N–H and O–H groups in total. The van der Waals surface area contributed by atoms with E-state index in [-0.39, 0.29) is 25.7 Å². The van der Waals surface area contributed by atoms with Gasteiger partial charge in [-0.25, -0.2) is 9.13 Å². The smallest absolute Gasteiger partial charge is 0.462 e. The molecule has 378 valence electrons.